The van der Waals surface area contributed by atoms with Crippen molar-refractivity contribution in [1.29, 1.82) is 0 Å². The molecule has 0 unspecified atom stereocenters. The number of anilines is 1. The van der Waals surface area contributed by atoms with Gasteiger partial charge >= 0.3 is 5.97 Å². The predicted octanol–water partition coefficient (Wildman–Crippen LogP) is 3.20. The Labute approximate surface area is 142 Å². The largest absolute Gasteiger partial charge is 0.451 e. The lowest BCUT2D eigenvalue weighted by atomic mass is 10.1. The molecule has 2 aromatic rings. The van der Waals surface area contributed by atoms with Gasteiger partial charge in [0.1, 0.15) is 11.5 Å². The van der Waals surface area contributed by atoms with Crippen molar-refractivity contribution in [2.24, 2.45) is 0 Å². The molecular formula is C17H15FN2O5. The van der Waals surface area contributed by atoms with E-state index in [-0.39, 0.29) is 22.5 Å². The number of rotatable bonds is 6. The Morgan fingerprint density at radius 1 is 1.16 bits per heavy atom. The second-order valence-electron chi connectivity index (χ2n) is 5.16. The van der Waals surface area contributed by atoms with Gasteiger partial charge in [0.2, 0.25) is 5.78 Å². The molecule has 0 saturated heterocycles. The Hall–Kier alpha value is -3.29. The van der Waals surface area contributed by atoms with Crippen LogP contribution in [-0.2, 0) is 4.74 Å². The van der Waals surface area contributed by atoms with Crippen molar-refractivity contribution in [1.82, 2.24) is 0 Å². The second kappa shape index (κ2) is 7.52. The fourth-order valence-corrected chi connectivity index (χ4v) is 2.15. The Morgan fingerprint density at radius 3 is 2.32 bits per heavy atom. The van der Waals surface area contributed by atoms with Crippen molar-refractivity contribution >= 4 is 23.1 Å². The number of nitrogens with zero attached hydrogens (tertiary/aromatic N) is 1. The van der Waals surface area contributed by atoms with Crippen molar-refractivity contribution in [3.05, 3.63) is 69.5 Å². The molecule has 1 N–H and O–H groups in total. The molecule has 25 heavy (non-hydrogen) atoms. The topological polar surface area (TPSA) is 98.5 Å². The van der Waals surface area contributed by atoms with Crippen LogP contribution in [0.4, 0.5) is 15.8 Å². The average Bonchev–Trinajstić information content (AvgIpc) is 2.60. The van der Waals surface area contributed by atoms with Crippen molar-refractivity contribution in [2.75, 3.05) is 12.4 Å². The number of benzene rings is 2. The molecule has 2 rings (SSSR count). The Kier molecular flexibility index (Phi) is 5.43. The van der Waals surface area contributed by atoms with Gasteiger partial charge in [-0.1, -0.05) is 0 Å². The summed E-state index contributed by atoms with van der Waals surface area (Å²) in [7, 11) is 1.52. The Morgan fingerprint density at radius 2 is 1.76 bits per heavy atom. The van der Waals surface area contributed by atoms with Crippen molar-refractivity contribution in [3.63, 3.8) is 0 Å². The SMILES string of the molecule is CNc1ccc(C(=O)O[C@H](C)C(=O)c2ccc(F)cc2)cc1[N+](=O)[O-]. The van der Waals surface area contributed by atoms with Crippen molar-refractivity contribution in [3.8, 4) is 0 Å². The Balaban J connectivity index is 2.15. The summed E-state index contributed by atoms with van der Waals surface area (Å²) in [5.41, 5.74) is 0.106. The molecule has 0 heterocycles. The van der Waals surface area contributed by atoms with Gasteiger partial charge in [0.15, 0.2) is 6.10 Å². The molecule has 1 atom stereocenters. The fraction of sp³-hybridized carbons (Fsp3) is 0.176. The molecule has 7 nitrogen and oxygen atoms in total. The standard InChI is InChI=1S/C17H15FN2O5/c1-10(16(21)11-3-6-13(18)7-4-11)25-17(22)12-5-8-14(19-2)15(9-12)20(23)24/h3-10,19H,1-2H3/t10-/m1/s1. The average molecular weight is 346 g/mol. The molecule has 0 aliphatic rings. The number of Topliss-reactive ketones (excluding diaryl/α,β-unsaturated/α-hetero) is 1. The third-order valence-electron chi connectivity index (χ3n) is 3.48. The highest BCUT2D eigenvalue weighted by Crippen LogP contribution is 2.25. The van der Waals surface area contributed by atoms with E-state index in [1.54, 1.807) is 0 Å². The summed E-state index contributed by atoms with van der Waals surface area (Å²) >= 11 is 0. The number of nitro benzene ring substituents is 1. The summed E-state index contributed by atoms with van der Waals surface area (Å²) < 4.78 is 18.0. The molecule has 0 aliphatic carbocycles. The van der Waals surface area contributed by atoms with Gasteiger partial charge in [-0.3, -0.25) is 14.9 Å². The van der Waals surface area contributed by atoms with Crippen LogP contribution in [0.3, 0.4) is 0 Å². The number of ketones is 1. The van der Waals surface area contributed by atoms with E-state index in [9.17, 15) is 24.1 Å². The minimum atomic E-state index is -1.12. The van der Waals surface area contributed by atoms with Crippen LogP contribution in [0.25, 0.3) is 0 Å². The number of hydrogen-bond acceptors (Lipinski definition) is 6. The molecule has 0 aliphatic heterocycles. The first kappa shape index (κ1) is 18.1. The molecule has 0 radical (unpaired) electrons. The van der Waals surface area contributed by atoms with Crippen LogP contribution in [0.2, 0.25) is 0 Å². The van der Waals surface area contributed by atoms with Crippen LogP contribution in [-0.4, -0.2) is 29.8 Å². The number of carbonyl (C=O) groups excluding carboxylic acids is 2. The van der Waals surface area contributed by atoms with Gasteiger partial charge in [0.05, 0.1) is 10.5 Å². The summed E-state index contributed by atoms with van der Waals surface area (Å²) in [6, 6.07) is 8.63. The van der Waals surface area contributed by atoms with E-state index in [0.29, 0.717) is 0 Å². The first-order valence-corrected chi connectivity index (χ1v) is 7.30. The van der Waals surface area contributed by atoms with Crippen LogP contribution in [0.5, 0.6) is 0 Å². The van der Waals surface area contributed by atoms with E-state index < -0.39 is 28.6 Å². The maximum Gasteiger partial charge on any atom is 0.339 e. The highest BCUT2D eigenvalue weighted by molar-refractivity contribution is 6.01. The zero-order valence-electron chi connectivity index (χ0n) is 13.5. The van der Waals surface area contributed by atoms with Crippen LogP contribution >= 0.6 is 0 Å². The molecule has 0 bridgehead atoms. The van der Waals surface area contributed by atoms with Gasteiger partial charge in [-0.05, 0) is 43.3 Å². The summed E-state index contributed by atoms with van der Waals surface area (Å²) in [5, 5.41) is 13.7. The predicted molar refractivity (Wildman–Crippen MR) is 88.3 cm³/mol. The van der Waals surface area contributed by atoms with Crippen molar-refractivity contribution < 1.29 is 23.6 Å². The first-order valence-electron chi connectivity index (χ1n) is 7.30. The van der Waals surface area contributed by atoms with Crippen LogP contribution in [0.1, 0.15) is 27.6 Å². The van der Waals surface area contributed by atoms with Gasteiger partial charge in [-0.2, -0.15) is 0 Å². The summed E-state index contributed by atoms with van der Waals surface area (Å²) in [6.07, 6.45) is -1.12. The smallest absolute Gasteiger partial charge is 0.339 e. The number of halogens is 1. The number of carbonyl (C=O) groups is 2. The number of hydrogen-bond donors (Lipinski definition) is 1. The van der Waals surface area contributed by atoms with E-state index in [1.165, 1.54) is 38.2 Å². The van der Waals surface area contributed by atoms with E-state index in [4.69, 9.17) is 4.74 Å². The maximum atomic E-state index is 12.9. The van der Waals surface area contributed by atoms with Crippen LogP contribution in [0.15, 0.2) is 42.5 Å². The fourth-order valence-electron chi connectivity index (χ4n) is 2.15. The zero-order chi connectivity index (χ0) is 18.6. The quantitative estimate of drug-likeness (QED) is 0.373. The van der Waals surface area contributed by atoms with Gasteiger partial charge in [-0.25, -0.2) is 9.18 Å². The number of nitro groups is 1. The van der Waals surface area contributed by atoms with E-state index in [0.717, 1.165) is 18.2 Å². The van der Waals surface area contributed by atoms with E-state index in [2.05, 4.69) is 5.32 Å². The number of esters is 1. The minimum Gasteiger partial charge on any atom is -0.451 e. The van der Waals surface area contributed by atoms with E-state index in [1.807, 2.05) is 0 Å². The maximum absolute atomic E-state index is 12.9. The zero-order valence-corrected chi connectivity index (χ0v) is 13.5. The number of ether oxygens (including phenoxy) is 1. The van der Waals surface area contributed by atoms with E-state index >= 15 is 0 Å². The molecule has 0 fully saturated rings. The minimum absolute atomic E-state index is 0.0514. The molecule has 130 valence electrons. The molecule has 8 heteroatoms. The summed E-state index contributed by atoms with van der Waals surface area (Å²) in [4.78, 5) is 34.7. The third kappa shape index (κ3) is 4.17. The van der Waals surface area contributed by atoms with Crippen LogP contribution in [0, 0.1) is 15.9 Å². The lowest BCUT2D eigenvalue weighted by Gasteiger charge is -2.13. The molecular weight excluding hydrogens is 331 g/mol. The molecule has 0 saturated carbocycles. The second-order valence-corrected chi connectivity index (χ2v) is 5.16. The Bertz CT molecular complexity index is 820. The van der Waals surface area contributed by atoms with Crippen LogP contribution < -0.4 is 5.32 Å². The highest BCUT2D eigenvalue weighted by atomic mass is 19.1. The third-order valence-corrected chi connectivity index (χ3v) is 3.48. The van der Waals surface area contributed by atoms with Gasteiger partial charge in [0.25, 0.3) is 5.69 Å². The lowest BCUT2D eigenvalue weighted by molar-refractivity contribution is -0.384. The summed E-state index contributed by atoms with van der Waals surface area (Å²) in [5.74, 6) is -1.86. The van der Waals surface area contributed by atoms with Gasteiger partial charge in [-0.15, -0.1) is 0 Å². The molecule has 0 amide bonds. The monoisotopic (exact) mass is 346 g/mol. The molecule has 2 aromatic carbocycles. The number of nitrogens with one attached hydrogen (secondary N) is 1. The highest BCUT2D eigenvalue weighted by Gasteiger charge is 2.23. The lowest BCUT2D eigenvalue weighted by Crippen LogP contribution is -2.24. The van der Waals surface area contributed by atoms with Gasteiger partial charge in [0, 0.05) is 18.7 Å². The molecule has 0 aromatic heterocycles. The van der Waals surface area contributed by atoms with Crippen molar-refractivity contribution in [2.45, 2.75) is 13.0 Å². The summed E-state index contributed by atoms with van der Waals surface area (Å²) in [6.45, 7) is 1.37. The van der Waals surface area contributed by atoms with Gasteiger partial charge < -0.3 is 10.1 Å². The first-order chi connectivity index (χ1) is 11.8. The molecule has 0 spiro atoms. The normalized spacial score (nSPS) is 11.5.